The molecule has 0 amide bonds. The van der Waals surface area contributed by atoms with Gasteiger partial charge in [-0.3, -0.25) is 0 Å². The van der Waals surface area contributed by atoms with Gasteiger partial charge in [-0.15, -0.1) is 0 Å². The van der Waals surface area contributed by atoms with E-state index in [1.807, 2.05) is 7.05 Å². The maximum atomic E-state index is 12.5. The maximum Gasteiger partial charge on any atom is 0.244 e. The largest absolute Gasteiger partial charge is 0.495 e. The number of methoxy groups -OCH3 is 1. The molecule has 0 bridgehead atoms. The Balaban J connectivity index is 2.20. The van der Waals surface area contributed by atoms with E-state index in [9.17, 15) is 8.42 Å². The van der Waals surface area contributed by atoms with Crippen molar-refractivity contribution in [2.45, 2.75) is 23.8 Å². The van der Waals surface area contributed by atoms with Gasteiger partial charge >= 0.3 is 0 Å². The normalized spacial score (nSPS) is 18.1. The standard InChI is InChI=1S/C13H21N3O3S/c1-16-7-5-11(6-8-16)15-20(17,18)13-9-10(14)3-4-12(13)19-2/h3-4,9,11,15H,5-8,14H2,1-2H3. The second-order valence-electron chi connectivity index (χ2n) is 5.11. The number of hydrogen-bond acceptors (Lipinski definition) is 5. The van der Waals surface area contributed by atoms with Crippen LogP contribution in [0.3, 0.4) is 0 Å². The smallest absolute Gasteiger partial charge is 0.244 e. The molecule has 3 N–H and O–H groups in total. The van der Waals surface area contributed by atoms with Gasteiger partial charge in [0.2, 0.25) is 10.0 Å². The Morgan fingerprint density at radius 2 is 2.00 bits per heavy atom. The van der Waals surface area contributed by atoms with Gasteiger partial charge in [-0.1, -0.05) is 0 Å². The van der Waals surface area contributed by atoms with E-state index in [1.165, 1.54) is 13.2 Å². The molecule has 0 aromatic heterocycles. The summed E-state index contributed by atoms with van der Waals surface area (Å²) in [6.45, 7) is 1.78. The summed E-state index contributed by atoms with van der Waals surface area (Å²) in [7, 11) is -0.138. The van der Waals surface area contributed by atoms with E-state index < -0.39 is 10.0 Å². The summed E-state index contributed by atoms with van der Waals surface area (Å²) >= 11 is 0. The third kappa shape index (κ3) is 3.41. The summed E-state index contributed by atoms with van der Waals surface area (Å²) < 4.78 is 32.8. The fourth-order valence-electron chi connectivity index (χ4n) is 2.31. The van der Waals surface area contributed by atoms with Crippen LogP contribution in [0.5, 0.6) is 5.75 Å². The lowest BCUT2D eigenvalue weighted by Gasteiger charge is -2.29. The summed E-state index contributed by atoms with van der Waals surface area (Å²) in [4.78, 5) is 2.28. The number of nitrogens with one attached hydrogen (secondary N) is 1. The summed E-state index contributed by atoms with van der Waals surface area (Å²) in [5, 5.41) is 0. The third-order valence-corrected chi connectivity index (χ3v) is 5.06. The van der Waals surface area contributed by atoms with E-state index in [-0.39, 0.29) is 10.9 Å². The molecule has 1 saturated heterocycles. The molecule has 20 heavy (non-hydrogen) atoms. The molecular formula is C13H21N3O3S. The third-order valence-electron chi connectivity index (χ3n) is 3.52. The molecule has 0 radical (unpaired) electrons. The molecule has 1 heterocycles. The average molecular weight is 299 g/mol. The monoisotopic (exact) mass is 299 g/mol. The topological polar surface area (TPSA) is 84.7 Å². The van der Waals surface area contributed by atoms with Gasteiger partial charge in [0.1, 0.15) is 10.6 Å². The Morgan fingerprint density at radius 3 is 2.60 bits per heavy atom. The van der Waals surface area contributed by atoms with E-state index >= 15 is 0 Å². The summed E-state index contributed by atoms with van der Waals surface area (Å²) in [5.74, 6) is 0.305. The van der Waals surface area contributed by atoms with Gasteiger partial charge in [0, 0.05) is 11.7 Å². The molecular weight excluding hydrogens is 278 g/mol. The molecule has 0 saturated carbocycles. The van der Waals surface area contributed by atoms with Crippen LogP contribution in [-0.4, -0.2) is 46.6 Å². The van der Waals surface area contributed by atoms with E-state index in [0.29, 0.717) is 11.4 Å². The predicted molar refractivity (Wildman–Crippen MR) is 78.2 cm³/mol. The predicted octanol–water partition coefficient (Wildman–Crippen LogP) is 0.650. The molecule has 2 rings (SSSR count). The van der Waals surface area contributed by atoms with Gasteiger partial charge in [-0.05, 0) is 51.2 Å². The number of ether oxygens (including phenoxy) is 1. The summed E-state index contributed by atoms with van der Waals surface area (Å²) in [6, 6.07) is 4.57. The van der Waals surface area contributed by atoms with Crippen LogP contribution < -0.4 is 15.2 Å². The summed E-state index contributed by atoms with van der Waals surface area (Å²) in [6.07, 6.45) is 1.61. The SMILES string of the molecule is COc1ccc(N)cc1S(=O)(=O)NC1CCN(C)CC1. The van der Waals surface area contributed by atoms with E-state index in [4.69, 9.17) is 10.5 Å². The number of benzene rings is 1. The van der Waals surface area contributed by atoms with Crippen LogP contribution in [0.2, 0.25) is 0 Å². The molecule has 6 nitrogen and oxygen atoms in total. The first-order chi connectivity index (χ1) is 9.42. The van der Waals surface area contributed by atoms with Crippen LogP contribution in [0.4, 0.5) is 5.69 Å². The van der Waals surface area contributed by atoms with Crippen LogP contribution in [0.1, 0.15) is 12.8 Å². The number of rotatable bonds is 4. The van der Waals surface area contributed by atoms with Crippen molar-refractivity contribution in [3.63, 3.8) is 0 Å². The Hall–Kier alpha value is -1.31. The van der Waals surface area contributed by atoms with Crippen molar-refractivity contribution in [2.24, 2.45) is 0 Å². The lowest BCUT2D eigenvalue weighted by atomic mass is 10.1. The first-order valence-corrected chi connectivity index (χ1v) is 8.05. The molecule has 1 aliphatic heterocycles. The van der Waals surface area contributed by atoms with Gasteiger partial charge in [-0.2, -0.15) is 0 Å². The quantitative estimate of drug-likeness (QED) is 0.797. The molecule has 0 unspecified atom stereocenters. The molecule has 7 heteroatoms. The fourth-order valence-corrected chi connectivity index (χ4v) is 3.82. The van der Waals surface area contributed by atoms with E-state index in [2.05, 4.69) is 9.62 Å². The molecule has 112 valence electrons. The van der Waals surface area contributed by atoms with Crippen molar-refractivity contribution in [1.29, 1.82) is 0 Å². The van der Waals surface area contributed by atoms with E-state index in [0.717, 1.165) is 25.9 Å². The molecule has 1 aliphatic rings. The van der Waals surface area contributed by atoms with E-state index in [1.54, 1.807) is 12.1 Å². The molecule has 0 aliphatic carbocycles. The van der Waals surface area contributed by atoms with Crippen molar-refractivity contribution >= 4 is 15.7 Å². The highest BCUT2D eigenvalue weighted by molar-refractivity contribution is 7.89. The zero-order chi connectivity index (χ0) is 14.8. The van der Waals surface area contributed by atoms with Crippen molar-refractivity contribution in [3.05, 3.63) is 18.2 Å². The number of nitrogens with two attached hydrogens (primary N) is 1. The second kappa shape index (κ2) is 5.99. The Morgan fingerprint density at radius 1 is 1.35 bits per heavy atom. The minimum atomic E-state index is -3.62. The lowest BCUT2D eigenvalue weighted by molar-refractivity contribution is 0.248. The number of nitrogens with zero attached hydrogens (tertiary/aromatic N) is 1. The van der Waals surface area contributed by atoms with Gasteiger partial charge < -0.3 is 15.4 Å². The van der Waals surface area contributed by atoms with Crippen molar-refractivity contribution in [2.75, 3.05) is 33.0 Å². The molecule has 1 aromatic rings. The minimum absolute atomic E-state index is 0.0395. The number of nitrogen functional groups attached to an aromatic ring is 1. The van der Waals surface area contributed by atoms with Crippen molar-refractivity contribution in [3.8, 4) is 5.75 Å². The highest BCUT2D eigenvalue weighted by Gasteiger charge is 2.25. The van der Waals surface area contributed by atoms with Gasteiger partial charge in [0.25, 0.3) is 0 Å². The number of anilines is 1. The first-order valence-electron chi connectivity index (χ1n) is 6.57. The molecule has 0 spiro atoms. The van der Waals surface area contributed by atoms with Crippen molar-refractivity contribution in [1.82, 2.24) is 9.62 Å². The lowest BCUT2D eigenvalue weighted by Crippen LogP contribution is -2.43. The number of piperidine rings is 1. The highest BCUT2D eigenvalue weighted by Crippen LogP contribution is 2.26. The van der Waals surface area contributed by atoms with Crippen LogP contribution in [0.25, 0.3) is 0 Å². The Kier molecular flexibility index (Phi) is 4.52. The number of sulfonamides is 1. The fraction of sp³-hybridized carbons (Fsp3) is 0.538. The summed E-state index contributed by atoms with van der Waals surface area (Å²) in [5.41, 5.74) is 6.07. The molecule has 0 atom stereocenters. The van der Waals surface area contributed by atoms with Gasteiger partial charge in [0.05, 0.1) is 7.11 Å². The number of hydrogen-bond donors (Lipinski definition) is 2. The van der Waals surface area contributed by atoms with Crippen LogP contribution in [0, 0.1) is 0 Å². The Labute approximate surface area is 120 Å². The van der Waals surface area contributed by atoms with Gasteiger partial charge in [0.15, 0.2) is 0 Å². The Bertz CT molecular complexity index is 566. The average Bonchev–Trinajstić information content (AvgIpc) is 2.41. The van der Waals surface area contributed by atoms with Crippen molar-refractivity contribution < 1.29 is 13.2 Å². The zero-order valence-electron chi connectivity index (χ0n) is 11.8. The van der Waals surface area contributed by atoms with Crippen LogP contribution in [-0.2, 0) is 10.0 Å². The molecule has 1 aromatic carbocycles. The number of likely N-dealkylation sites (tertiary alicyclic amines) is 1. The van der Waals surface area contributed by atoms with Crippen LogP contribution >= 0.6 is 0 Å². The minimum Gasteiger partial charge on any atom is -0.495 e. The maximum absolute atomic E-state index is 12.5. The van der Waals surface area contributed by atoms with Gasteiger partial charge in [-0.25, -0.2) is 13.1 Å². The highest BCUT2D eigenvalue weighted by atomic mass is 32.2. The van der Waals surface area contributed by atoms with Crippen LogP contribution in [0.15, 0.2) is 23.1 Å². The first kappa shape index (κ1) is 15.1. The zero-order valence-corrected chi connectivity index (χ0v) is 12.6. The second-order valence-corrected chi connectivity index (χ2v) is 6.79. The molecule has 1 fully saturated rings.